The van der Waals surface area contributed by atoms with E-state index in [0.29, 0.717) is 0 Å². The molecule has 1 atom stereocenters. The second-order valence-corrected chi connectivity index (χ2v) is 6.36. The lowest BCUT2D eigenvalue weighted by Gasteiger charge is -2.19. The predicted octanol–water partition coefficient (Wildman–Crippen LogP) is 5.31. The van der Waals surface area contributed by atoms with E-state index in [2.05, 4.69) is 12.2 Å². The van der Waals surface area contributed by atoms with Gasteiger partial charge in [-0.1, -0.05) is 36.7 Å². The molecule has 4 heteroatoms. The minimum Gasteiger partial charge on any atom is -0.309 e. The average molecular weight is 324 g/mol. The first-order chi connectivity index (χ1) is 10.2. The largest absolute Gasteiger partial charge is 0.309 e. The normalized spacial score (nSPS) is 12.3. The van der Waals surface area contributed by atoms with Gasteiger partial charge in [-0.2, -0.15) is 0 Å². The number of benzene rings is 2. The highest BCUT2D eigenvalue weighted by atomic mass is 35.5. The topological polar surface area (TPSA) is 12.0 Å². The Kier molecular flexibility index (Phi) is 6.55. The van der Waals surface area contributed by atoms with Crippen LogP contribution in [0.1, 0.15) is 24.9 Å². The first kappa shape index (κ1) is 16.3. The Morgan fingerprint density at radius 3 is 2.62 bits per heavy atom. The van der Waals surface area contributed by atoms with Crippen LogP contribution < -0.4 is 5.32 Å². The van der Waals surface area contributed by atoms with Crippen LogP contribution >= 0.6 is 23.4 Å². The van der Waals surface area contributed by atoms with Gasteiger partial charge in [0.25, 0.3) is 0 Å². The number of halogens is 2. The molecule has 0 fully saturated rings. The fourth-order valence-corrected chi connectivity index (χ4v) is 3.19. The minimum absolute atomic E-state index is 0.190. The Morgan fingerprint density at radius 2 is 1.95 bits per heavy atom. The highest BCUT2D eigenvalue weighted by Crippen LogP contribution is 2.26. The molecular weight excluding hydrogens is 305 g/mol. The molecule has 0 amide bonds. The van der Waals surface area contributed by atoms with Gasteiger partial charge < -0.3 is 5.32 Å². The Bertz CT molecular complexity index is 559. The summed E-state index contributed by atoms with van der Waals surface area (Å²) in [5.74, 6) is 0.662. The molecule has 0 aliphatic carbocycles. The third-order valence-corrected chi connectivity index (χ3v) is 4.47. The van der Waals surface area contributed by atoms with Gasteiger partial charge in [-0.15, -0.1) is 11.8 Å². The quantitative estimate of drug-likeness (QED) is 0.693. The van der Waals surface area contributed by atoms with Crippen LogP contribution in [0.15, 0.2) is 53.4 Å². The fraction of sp³-hybridized carbons (Fsp3) is 0.294. The molecule has 2 aromatic rings. The van der Waals surface area contributed by atoms with Crippen molar-refractivity contribution in [2.75, 3.05) is 12.3 Å². The van der Waals surface area contributed by atoms with Crippen LogP contribution in [-0.2, 0) is 0 Å². The smallest absolute Gasteiger partial charge is 0.124 e. The summed E-state index contributed by atoms with van der Waals surface area (Å²) >= 11 is 7.60. The molecule has 0 heterocycles. The summed E-state index contributed by atoms with van der Waals surface area (Å²) in [5.41, 5.74) is 1.21. The van der Waals surface area contributed by atoms with E-state index >= 15 is 0 Å². The van der Waals surface area contributed by atoms with E-state index in [-0.39, 0.29) is 11.9 Å². The van der Waals surface area contributed by atoms with Gasteiger partial charge in [0.1, 0.15) is 5.82 Å². The molecule has 1 N–H and O–H groups in total. The molecular formula is C17H19ClFNS. The van der Waals surface area contributed by atoms with Crippen molar-refractivity contribution in [3.8, 4) is 0 Å². The van der Waals surface area contributed by atoms with Gasteiger partial charge in [-0.05, 0) is 48.9 Å². The standard InChI is InChI=1S/C17H19ClFNS/c1-2-10-20-17(13-6-8-14(18)9-7-13)12-21-16-5-3-4-15(19)11-16/h3-9,11,17,20H,2,10,12H2,1H3. The van der Waals surface area contributed by atoms with Gasteiger partial charge in [-0.25, -0.2) is 4.39 Å². The minimum atomic E-state index is -0.190. The molecule has 2 rings (SSSR count). The van der Waals surface area contributed by atoms with Gasteiger partial charge in [-0.3, -0.25) is 0 Å². The molecule has 1 nitrogen and oxygen atoms in total. The van der Waals surface area contributed by atoms with Crippen molar-refractivity contribution < 1.29 is 4.39 Å². The van der Waals surface area contributed by atoms with Crippen LogP contribution in [0.3, 0.4) is 0 Å². The van der Waals surface area contributed by atoms with Crippen LogP contribution in [0.2, 0.25) is 5.02 Å². The van der Waals surface area contributed by atoms with E-state index in [0.717, 1.165) is 28.6 Å². The number of hydrogen-bond acceptors (Lipinski definition) is 2. The lowest BCUT2D eigenvalue weighted by molar-refractivity contribution is 0.577. The lowest BCUT2D eigenvalue weighted by atomic mass is 10.1. The molecule has 1 unspecified atom stereocenters. The van der Waals surface area contributed by atoms with Gasteiger partial charge in [0.15, 0.2) is 0 Å². The molecule has 0 aliphatic heterocycles. The third kappa shape index (κ3) is 5.34. The molecule has 0 aliphatic rings. The van der Waals surface area contributed by atoms with Crippen LogP contribution in [-0.4, -0.2) is 12.3 Å². The van der Waals surface area contributed by atoms with Crippen molar-refractivity contribution in [2.45, 2.75) is 24.3 Å². The zero-order chi connectivity index (χ0) is 15.1. The molecule has 112 valence electrons. The van der Waals surface area contributed by atoms with Crippen LogP contribution in [0, 0.1) is 5.82 Å². The summed E-state index contributed by atoms with van der Waals surface area (Å²) in [6, 6.07) is 14.9. The zero-order valence-electron chi connectivity index (χ0n) is 12.0. The van der Waals surface area contributed by atoms with Crippen molar-refractivity contribution >= 4 is 23.4 Å². The molecule has 0 radical (unpaired) electrons. The Balaban J connectivity index is 2.04. The van der Waals surface area contributed by atoms with Crippen LogP contribution in [0.4, 0.5) is 4.39 Å². The predicted molar refractivity (Wildman–Crippen MR) is 89.6 cm³/mol. The zero-order valence-corrected chi connectivity index (χ0v) is 13.6. The van der Waals surface area contributed by atoms with Crippen molar-refractivity contribution in [3.05, 3.63) is 64.9 Å². The Hall–Kier alpha value is -1.03. The molecule has 0 aromatic heterocycles. The monoisotopic (exact) mass is 323 g/mol. The first-order valence-corrected chi connectivity index (χ1v) is 8.42. The summed E-state index contributed by atoms with van der Waals surface area (Å²) in [4.78, 5) is 0.951. The maximum absolute atomic E-state index is 13.2. The number of nitrogens with one attached hydrogen (secondary N) is 1. The second-order valence-electron chi connectivity index (χ2n) is 4.83. The summed E-state index contributed by atoms with van der Waals surface area (Å²) in [6.45, 7) is 3.10. The number of rotatable bonds is 7. The van der Waals surface area contributed by atoms with E-state index in [1.165, 1.54) is 11.6 Å². The summed E-state index contributed by atoms with van der Waals surface area (Å²) in [5, 5.41) is 4.27. The number of thioether (sulfide) groups is 1. The molecule has 0 bridgehead atoms. The van der Waals surface area contributed by atoms with Gasteiger partial charge >= 0.3 is 0 Å². The van der Waals surface area contributed by atoms with Crippen LogP contribution in [0.5, 0.6) is 0 Å². The van der Waals surface area contributed by atoms with Crippen molar-refractivity contribution in [1.82, 2.24) is 5.32 Å². The molecule has 0 saturated heterocycles. The fourth-order valence-electron chi connectivity index (χ4n) is 2.02. The maximum Gasteiger partial charge on any atom is 0.124 e. The summed E-state index contributed by atoms with van der Waals surface area (Å²) in [6.07, 6.45) is 1.08. The molecule has 2 aromatic carbocycles. The van der Waals surface area contributed by atoms with E-state index in [1.54, 1.807) is 23.9 Å². The van der Waals surface area contributed by atoms with Crippen LogP contribution in [0.25, 0.3) is 0 Å². The Labute approximate surface area is 134 Å². The van der Waals surface area contributed by atoms with E-state index in [9.17, 15) is 4.39 Å². The first-order valence-electron chi connectivity index (χ1n) is 7.06. The van der Waals surface area contributed by atoms with Gasteiger partial charge in [0.05, 0.1) is 0 Å². The Morgan fingerprint density at radius 1 is 1.19 bits per heavy atom. The van der Waals surface area contributed by atoms with Crippen molar-refractivity contribution in [2.24, 2.45) is 0 Å². The van der Waals surface area contributed by atoms with E-state index < -0.39 is 0 Å². The van der Waals surface area contributed by atoms with E-state index in [1.807, 2.05) is 30.3 Å². The molecule has 21 heavy (non-hydrogen) atoms. The highest BCUT2D eigenvalue weighted by Gasteiger charge is 2.11. The SMILES string of the molecule is CCCNC(CSc1cccc(F)c1)c1ccc(Cl)cc1. The maximum atomic E-state index is 13.2. The lowest BCUT2D eigenvalue weighted by Crippen LogP contribution is -2.24. The van der Waals surface area contributed by atoms with Crippen molar-refractivity contribution in [3.63, 3.8) is 0 Å². The molecule has 0 spiro atoms. The number of hydrogen-bond donors (Lipinski definition) is 1. The van der Waals surface area contributed by atoms with Gasteiger partial charge in [0.2, 0.25) is 0 Å². The van der Waals surface area contributed by atoms with Gasteiger partial charge in [0, 0.05) is 21.7 Å². The van der Waals surface area contributed by atoms with E-state index in [4.69, 9.17) is 11.6 Å². The third-order valence-electron chi connectivity index (χ3n) is 3.13. The second kappa shape index (κ2) is 8.42. The average Bonchev–Trinajstić information content (AvgIpc) is 2.49. The summed E-state index contributed by atoms with van der Waals surface area (Å²) in [7, 11) is 0. The summed E-state index contributed by atoms with van der Waals surface area (Å²) < 4.78 is 13.2. The molecule has 0 saturated carbocycles. The van der Waals surface area contributed by atoms with Crippen molar-refractivity contribution in [1.29, 1.82) is 0 Å². The highest BCUT2D eigenvalue weighted by molar-refractivity contribution is 7.99.